The summed E-state index contributed by atoms with van der Waals surface area (Å²) in [5, 5.41) is 3.84. The van der Waals surface area contributed by atoms with Gasteiger partial charge in [0.15, 0.2) is 0 Å². The Balaban J connectivity index is 2.47. The van der Waals surface area contributed by atoms with Gasteiger partial charge in [-0.2, -0.15) is 0 Å². The van der Waals surface area contributed by atoms with E-state index in [1.54, 1.807) is 0 Å². The second-order valence-electron chi connectivity index (χ2n) is 9.30. The first-order chi connectivity index (χ1) is 11.0. The van der Waals surface area contributed by atoms with Crippen molar-refractivity contribution in [1.29, 1.82) is 0 Å². The Hall–Kier alpha value is -1.13. The van der Waals surface area contributed by atoms with Gasteiger partial charge in [0.1, 0.15) is 8.80 Å². The maximum Gasteiger partial charge on any atom is 0.126 e. The van der Waals surface area contributed by atoms with Crippen molar-refractivity contribution in [2.75, 3.05) is 0 Å². The molecule has 0 amide bonds. The zero-order valence-electron chi connectivity index (χ0n) is 16.5. The van der Waals surface area contributed by atoms with E-state index in [0.717, 1.165) is 0 Å². The molecular weight excluding hydrogens is 320 g/mol. The lowest BCUT2D eigenvalue weighted by Crippen LogP contribution is -2.53. The van der Waals surface area contributed by atoms with Gasteiger partial charge in [-0.05, 0) is 10.1 Å². The van der Waals surface area contributed by atoms with Crippen LogP contribution in [0.1, 0.15) is 34.6 Å². The van der Waals surface area contributed by atoms with Crippen LogP contribution in [0.5, 0.6) is 0 Å². The summed E-state index contributed by atoms with van der Waals surface area (Å²) in [4.78, 5) is 0. The molecule has 0 spiro atoms. The van der Waals surface area contributed by atoms with Gasteiger partial charge in [-0.15, -0.1) is 0 Å². The maximum absolute atomic E-state index is 2.57. The summed E-state index contributed by atoms with van der Waals surface area (Å²) in [7, 11) is -2.18. The smallest absolute Gasteiger partial charge is 0.0690 e. The highest BCUT2D eigenvalue weighted by atomic mass is 28.3. The van der Waals surface area contributed by atoms with E-state index in [1.165, 1.54) is 16.4 Å². The van der Waals surface area contributed by atoms with Gasteiger partial charge in [0.05, 0.1) is 8.07 Å². The molecule has 0 saturated heterocycles. The highest BCUT2D eigenvalue weighted by Crippen LogP contribution is 2.47. The van der Waals surface area contributed by atoms with Crippen LogP contribution in [0.15, 0.2) is 60.7 Å². The zero-order valence-corrected chi connectivity index (χ0v) is 18.5. The molecular formula is C22H33Si2. The summed E-state index contributed by atoms with van der Waals surface area (Å²) in [5.74, 6) is 0. The summed E-state index contributed by atoms with van der Waals surface area (Å²) in [6.45, 7) is 17.5. The lowest BCUT2D eigenvalue weighted by Gasteiger charge is -2.45. The van der Waals surface area contributed by atoms with Gasteiger partial charge in [-0.25, -0.2) is 0 Å². The second kappa shape index (κ2) is 7.01. The second-order valence-corrected chi connectivity index (χ2v) is 18.2. The van der Waals surface area contributed by atoms with E-state index < -0.39 is 16.9 Å². The first-order valence-corrected chi connectivity index (χ1v) is 13.7. The monoisotopic (exact) mass is 353 g/mol. The van der Waals surface area contributed by atoms with Crippen LogP contribution >= 0.6 is 0 Å². The minimum atomic E-state index is -1.34. The molecule has 0 heterocycles. The molecule has 0 unspecified atom stereocenters. The van der Waals surface area contributed by atoms with Crippen LogP contribution < -0.4 is 10.4 Å². The molecule has 0 atom stereocenters. The van der Waals surface area contributed by atoms with Crippen LogP contribution in [-0.2, 0) is 0 Å². The van der Waals surface area contributed by atoms with Crippen molar-refractivity contribution >= 4 is 27.2 Å². The molecule has 0 fully saturated rings. The third-order valence-corrected chi connectivity index (χ3v) is 15.2. The topological polar surface area (TPSA) is 0 Å². The predicted molar refractivity (Wildman–Crippen MR) is 114 cm³/mol. The molecule has 0 aliphatic carbocycles. The predicted octanol–water partition coefficient (Wildman–Crippen LogP) is 5.58. The lowest BCUT2D eigenvalue weighted by molar-refractivity contribution is 0.665. The minimum absolute atomic E-state index is 0.330. The van der Waals surface area contributed by atoms with Crippen LogP contribution in [0.3, 0.4) is 0 Å². The Morgan fingerprint density at radius 3 is 1.42 bits per heavy atom. The van der Waals surface area contributed by atoms with Crippen molar-refractivity contribution in [2.24, 2.45) is 0 Å². The summed E-state index contributed by atoms with van der Waals surface area (Å²) < 4.78 is 0. The Labute approximate surface area is 151 Å². The molecule has 2 aromatic rings. The van der Waals surface area contributed by atoms with Gasteiger partial charge in [-0.1, -0.05) is 125 Å². The van der Waals surface area contributed by atoms with Gasteiger partial charge in [0, 0.05) is 0 Å². The molecule has 1 radical (unpaired) electrons. The number of hydrogen-bond donors (Lipinski definition) is 0. The Morgan fingerprint density at radius 1 is 0.708 bits per heavy atom. The SMILES string of the molecule is CC(C)(C[Si](C)(C)C(C)(C)C)[Si](c1ccccc1)c1ccccc1. The molecule has 0 nitrogen and oxygen atoms in total. The summed E-state index contributed by atoms with van der Waals surface area (Å²) in [6, 6.07) is 23.8. The molecule has 0 aromatic heterocycles. The molecule has 0 aliphatic heterocycles. The van der Waals surface area contributed by atoms with Crippen LogP contribution in [0.2, 0.25) is 29.2 Å². The average molecular weight is 354 g/mol. The van der Waals surface area contributed by atoms with E-state index in [9.17, 15) is 0 Å². The van der Waals surface area contributed by atoms with Crippen molar-refractivity contribution in [1.82, 2.24) is 0 Å². The molecule has 2 aromatic carbocycles. The standard InChI is InChI=1S/C22H33Si2/c1-21(2,3)24(6,7)18-22(4,5)23(19-14-10-8-11-15-19)20-16-12-9-13-17-20/h8-17H,18H2,1-7H3. The largest absolute Gasteiger partial charge is 0.126 e. The van der Waals surface area contributed by atoms with Crippen LogP contribution in [0, 0.1) is 0 Å². The summed E-state index contributed by atoms with van der Waals surface area (Å²) >= 11 is 0. The average Bonchev–Trinajstić information content (AvgIpc) is 2.47. The highest BCUT2D eigenvalue weighted by Gasteiger charge is 2.44. The van der Waals surface area contributed by atoms with Crippen LogP contribution in [-0.4, -0.2) is 16.9 Å². The van der Waals surface area contributed by atoms with Gasteiger partial charge >= 0.3 is 0 Å². The maximum atomic E-state index is 2.57. The highest BCUT2D eigenvalue weighted by molar-refractivity contribution is 6.90. The van der Waals surface area contributed by atoms with Crippen LogP contribution in [0.4, 0.5) is 0 Å². The van der Waals surface area contributed by atoms with E-state index in [4.69, 9.17) is 0 Å². The Morgan fingerprint density at radius 2 is 1.08 bits per heavy atom. The minimum Gasteiger partial charge on any atom is -0.0690 e. The Kier molecular flexibility index (Phi) is 5.61. The van der Waals surface area contributed by atoms with Crippen molar-refractivity contribution in [3.8, 4) is 0 Å². The van der Waals surface area contributed by atoms with Crippen molar-refractivity contribution in [3.05, 3.63) is 60.7 Å². The third-order valence-electron chi connectivity index (χ3n) is 5.72. The zero-order chi connectivity index (χ0) is 18.0. The van der Waals surface area contributed by atoms with Gasteiger partial charge in [0.2, 0.25) is 0 Å². The molecule has 0 N–H and O–H groups in total. The van der Waals surface area contributed by atoms with Gasteiger partial charge < -0.3 is 0 Å². The van der Waals surface area contributed by atoms with E-state index >= 15 is 0 Å². The first-order valence-electron chi connectivity index (χ1n) is 9.03. The van der Waals surface area contributed by atoms with E-state index in [-0.39, 0.29) is 0 Å². The number of benzene rings is 2. The van der Waals surface area contributed by atoms with Crippen molar-refractivity contribution < 1.29 is 0 Å². The molecule has 0 aliphatic rings. The van der Waals surface area contributed by atoms with E-state index in [0.29, 0.717) is 10.1 Å². The van der Waals surface area contributed by atoms with E-state index in [2.05, 4.69) is 108 Å². The number of hydrogen-bond acceptors (Lipinski definition) is 0. The molecule has 2 heteroatoms. The molecule has 24 heavy (non-hydrogen) atoms. The number of rotatable bonds is 5. The van der Waals surface area contributed by atoms with Crippen molar-refractivity contribution in [2.45, 2.75) is 63.8 Å². The molecule has 0 saturated carbocycles. The normalized spacial score (nSPS) is 13.3. The lowest BCUT2D eigenvalue weighted by atomic mass is 10.2. The summed E-state index contributed by atoms with van der Waals surface area (Å²) in [6.07, 6.45) is 0. The Bertz CT molecular complexity index is 597. The molecule has 2 rings (SSSR count). The first kappa shape index (κ1) is 19.2. The fraction of sp³-hybridized carbons (Fsp3) is 0.455. The van der Waals surface area contributed by atoms with Gasteiger partial charge in [0.25, 0.3) is 0 Å². The molecule has 129 valence electrons. The van der Waals surface area contributed by atoms with E-state index in [1.807, 2.05) is 0 Å². The summed E-state index contributed by atoms with van der Waals surface area (Å²) in [5.41, 5.74) is 0. The van der Waals surface area contributed by atoms with Crippen molar-refractivity contribution in [3.63, 3.8) is 0 Å². The third kappa shape index (κ3) is 4.28. The van der Waals surface area contributed by atoms with Crippen LogP contribution in [0.25, 0.3) is 0 Å². The fourth-order valence-electron chi connectivity index (χ4n) is 3.62. The fourth-order valence-corrected chi connectivity index (χ4v) is 11.3. The quantitative estimate of drug-likeness (QED) is 0.615. The molecule has 0 bridgehead atoms. The van der Waals surface area contributed by atoms with Gasteiger partial charge in [-0.3, -0.25) is 0 Å².